The Labute approximate surface area is 157 Å². The van der Waals surface area contributed by atoms with Crippen molar-refractivity contribution in [3.63, 3.8) is 0 Å². The zero-order valence-electron chi connectivity index (χ0n) is 14.7. The maximum absolute atomic E-state index is 12.5. The van der Waals surface area contributed by atoms with E-state index in [0.717, 1.165) is 30.8 Å². The van der Waals surface area contributed by atoms with Gasteiger partial charge in [-0.15, -0.1) is 0 Å². The van der Waals surface area contributed by atoms with Crippen LogP contribution in [0.5, 0.6) is 0 Å². The fourth-order valence-electron chi connectivity index (χ4n) is 3.37. The molecule has 0 spiro atoms. The second kappa shape index (κ2) is 7.17. The van der Waals surface area contributed by atoms with Crippen LogP contribution in [0.25, 0.3) is 0 Å². The van der Waals surface area contributed by atoms with E-state index in [4.69, 9.17) is 0 Å². The predicted molar refractivity (Wildman–Crippen MR) is 103 cm³/mol. The summed E-state index contributed by atoms with van der Waals surface area (Å²) >= 11 is 1.47. The summed E-state index contributed by atoms with van der Waals surface area (Å²) in [7, 11) is 2.13. The van der Waals surface area contributed by atoms with Crippen molar-refractivity contribution < 1.29 is 9.59 Å². The van der Waals surface area contributed by atoms with Crippen LogP contribution < -0.4 is 10.6 Å². The van der Waals surface area contributed by atoms with Crippen molar-refractivity contribution in [1.82, 2.24) is 14.2 Å². The molecule has 6 nitrogen and oxygen atoms in total. The van der Waals surface area contributed by atoms with E-state index < -0.39 is 0 Å². The number of rotatable bonds is 3. The van der Waals surface area contributed by atoms with E-state index >= 15 is 0 Å². The van der Waals surface area contributed by atoms with Gasteiger partial charge in [-0.05, 0) is 81.2 Å². The first kappa shape index (κ1) is 17.2. The SMILES string of the molecule is CN1CCC(CNC(=O)c2ccc3c(c2)NC(=O)c2cccn2S3)CC1. The molecule has 0 unspecified atom stereocenters. The summed E-state index contributed by atoms with van der Waals surface area (Å²) in [5, 5.41) is 5.95. The Balaban J connectivity index is 1.44. The summed E-state index contributed by atoms with van der Waals surface area (Å²) in [4.78, 5) is 28.1. The molecule has 3 heterocycles. The number of hydrogen-bond acceptors (Lipinski definition) is 4. The monoisotopic (exact) mass is 370 g/mol. The number of carbonyl (C=O) groups excluding carboxylic acids is 2. The zero-order valence-corrected chi connectivity index (χ0v) is 15.5. The van der Waals surface area contributed by atoms with Crippen molar-refractivity contribution in [2.75, 3.05) is 32.0 Å². The highest BCUT2D eigenvalue weighted by molar-refractivity contribution is 7.98. The number of hydrogen-bond donors (Lipinski definition) is 2. The van der Waals surface area contributed by atoms with Crippen LogP contribution in [0, 0.1) is 5.92 Å². The number of anilines is 1. The van der Waals surface area contributed by atoms with Gasteiger partial charge in [0.05, 0.1) is 10.6 Å². The van der Waals surface area contributed by atoms with Crippen molar-refractivity contribution in [2.24, 2.45) is 5.92 Å². The van der Waals surface area contributed by atoms with E-state index in [0.29, 0.717) is 29.4 Å². The van der Waals surface area contributed by atoms with Gasteiger partial charge in [0.25, 0.3) is 11.8 Å². The van der Waals surface area contributed by atoms with Gasteiger partial charge in [-0.1, -0.05) is 0 Å². The highest BCUT2D eigenvalue weighted by Gasteiger charge is 2.21. The highest BCUT2D eigenvalue weighted by atomic mass is 32.2. The van der Waals surface area contributed by atoms with Gasteiger partial charge in [0.15, 0.2) is 0 Å². The van der Waals surface area contributed by atoms with E-state index in [1.807, 2.05) is 28.4 Å². The summed E-state index contributed by atoms with van der Waals surface area (Å²) in [6.07, 6.45) is 4.09. The summed E-state index contributed by atoms with van der Waals surface area (Å²) in [5.41, 5.74) is 1.85. The first-order chi connectivity index (χ1) is 12.6. The number of carbonyl (C=O) groups is 2. The highest BCUT2D eigenvalue weighted by Crippen LogP contribution is 2.33. The molecule has 0 radical (unpaired) electrons. The third kappa shape index (κ3) is 3.50. The van der Waals surface area contributed by atoms with Crippen LogP contribution in [0.2, 0.25) is 0 Å². The van der Waals surface area contributed by atoms with Gasteiger partial charge in [0, 0.05) is 18.3 Å². The Bertz CT molecular complexity index is 840. The van der Waals surface area contributed by atoms with Gasteiger partial charge >= 0.3 is 0 Å². The Morgan fingerprint density at radius 3 is 2.92 bits per heavy atom. The number of fused-ring (bicyclic) bond motifs is 2. The average Bonchev–Trinajstić information content (AvgIpc) is 3.06. The minimum Gasteiger partial charge on any atom is -0.352 e. The molecule has 7 heteroatoms. The minimum absolute atomic E-state index is 0.0881. The third-order valence-electron chi connectivity index (χ3n) is 5.02. The zero-order chi connectivity index (χ0) is 18.1. The molecular weight excluding hydrogens is 348 g/mol. The molecule has 26 heavy (non-hydrogen) atoms. The largest absolute Gasteiger partial charge is 0.352 e. The number of nitrogens with zero attached hydrogens (tertiary/aromatic N) is 2. The second-order valence-corrected chi connectivity index (χ2v) is 7.95. The topological polar surface area (TPSA) is 66.4 Å². The predicted octanol–water partition coefficient (Wildman–Crippen LogP) is 2.68. The van der Waals surface area contributed by atoms with Gasteiger partial charge in [-0.3, -0.25) is 13.6 Å². The standard InChI is InChI=1S/C19H22N4O2S/c1-22-9-6-13(7-10-22)12-20-18(24)14-4-5-17-15(11-14)21-19(25)16-3-2-8-23(16)26-17/h2-5,8,11,13H,6-7,9-10,12H2,1H3,(H,20,24)(H,21,25). The fraction of sp³-hybridized carbons (Fsp3) is 0.368. The normalized spacial score (nSPS) is 17.8. The second-order valence-electron chi connectivity index (χ2n) is 6.93. The van der Waals surface area contributed by atoms with Crippen LogP contribution in [0.1, 0.15) is 33.7 Å². The van der Waals surface area contributed by atoms with Crippen molar-refractivity contribution in [3.05, 3.63) is 47.8 Å². The van der Waals surface area contributed by atoms with Crippen LogP contribution >= 0.6 is 11.9 Å². The molecule has 4 rings (SSSR count). The van der Waals surface area contributed by atoms with E-state index in [-0.39, 0.29) is 11.8 Å². The summed E-state index contributed by atoms with van der Waals surface area (Å²) in [6.45, 7) is 2.88. The third-order valence-corrected chi connectivity index (χ3v) is 6.09. The number of aromatic nitrogens is 1. The van der Waals surface area contributed by atoms with Gasteiger partial charge in [0.1, 0.15) is 5.69 Å². The minimum atomic E-state index is -0.162. The molecule has 2 aliphatic heterocycles. The summed E-state index contributed by atoms with van der Waals surface area (Å²) in [5.74, 6) is 0.289. The number of piperidine rings is 1. The molecule has 2 aromatic rings. The van der Waals surface area contributed by atoms with Crippen LogP contribution in [0.15, 0.2) is 41.4 Å². The van der Waals surface area contributed by atoms with E-state index in [9.17, 15) is 9.59 Å². The molecule has 1 aromatic heterocycles. The van der Waals surface area contributed by atoms with E-state index in [1.54, 1.807) is 12.1 Å². The molecule has 1 saturated heterocycles. The van der Waals surface area contributed by atoms with Gasteiger partial charge < -0.3 is 15.5 Å². The molecule has 2 N–H and O–H groups in total. The fourth-order valence-corrected chi connectivity index (χ4v) is 4.29. The average molecular weight is 370 g/mol. The lowest BCUT2D eigenvalue weighted by Crippen LogP contribution is -2.36. The van der Waals surface area contributed by atoms with Crippen LogP contribution in [0.3, 0.4) is 0 Å². The van der Waals surface area contributed by atoms with Crippen molar-refractivity contribution >= 4 is 29.4 Å². The molecular formula is C19H22N4O2S. The Hall–Kier alpha value is -2.25. The molecule has 0 saturated carbocycles. The van der Waals surface area contributed by atoms with Gasteiger partial charge in [-0.2, -0.15) is 0 Å². The van der Waals surface area contributed by atoms with Crippen LogP contribution in [0.4, 0.5) is 5.69 Å². The first-order valence-corrected chi connectivity index (χ1v) is 9.65. The summed E-state index contributed by atoms with van der Waals surface area (Å²) < 4.78 is 1.83. The molecule has 0 atom stereocenters. The van der Waals surface area contributed by atoms with Gasteiger partial charge in [-0.25, -0.2) is 0 Å². The quantitative estimate of drug-likeness (QED) is 0.872. The maximum atomic E-state index is 12.5. The number of benzene rings is 1. The van der Waals surface area contributed by atoms with E-state index in [2.05, 4.69) is 22.6 Å². The first-order valence-electron chi connectivity index (χ1n) is 8.88. The van der Waals surface area contributed by atoms with Crippen molar-refractivity contribution in [3.8, 4) is 0 Å². The molecule has 0 bridgehead atoms. The maximum Gasteiger partial charge on any atom is 0.273 e. The molecule has 2 amide bonds. The van der Waals surface area contributed by atoms with Gasteiger partial charge in [0.2, 0.25) is 0 Å². The molecule has 1 aromatic carbocycles. The number of likely N-dealkylation sites (tertiary alicyclic amines) is 1. The van der Waals surface area contributed by atoms with Crippen LogP contribution in [-0.4, -0.2) is 47.4 Å². The van der Waals surface area contributed by atoms with E-state index in [1.165, 1.54) is 11.9 Å². The lowest BCUT2D eigenvalue weighted by Gasteiger charge is -2.28. The van der Waals surface area contributed by atoms with Crippen molar-refractivity contribution in [2.45, 2.75) is 17.7 Å². The van der Waals surface area contributed by atoms with Crippen LogP contribution in [-0.2, 0) is 0 Å². The molecule has 136 valence electrons. The molecule has 2 aliphatic rings. The Morgan fingerprint density at radius 1 is 1.31 bits per heavy atom. The smallest absolute Gasteiger partial charge is 0.273 e. The number of amides is 2. The summed E-state index contributed by atoms with van der Waals surface area (Å²) in [6, 6.07) is 9.09. The Morgan fingerprint density at radius 2 is 2.12 bits per heavy atom. The van der Waals surface area contributed by atoms with Crippen molar-refractivity contribution in [1.29, 1.82) is 0 Å². The molecule has 0 aliphatic carbocycles. The lowest BCUT2D eigenvalue weighted by atomic mass is 9.97. The lowest BCUT2D eigenvalue weighted by molar-refractivity contribution is 0.0937. The molecule has 1 fully saturated rings. The number of nitrogens with one attached hydrogen (secondary N) is 2. The Kier molecular flexibility index (Phi) is 4.74.